The molecule has 0 heterocycles. The van der Waals surface area contributed by atoms with Crippen molar-refractivity contribution >= 4 is 0 Å². The molecule has 0 bridgehead atoms. The van der Waals surface area contributed by atoms with Crippen molar-refractivity contribution in [1.29, 1.82) is 5.26 Å². The van der Waals surface area contributed by atoms with E-state index in [9.17, 15) is 5.26 Å². The lowest BCUT2D eigenvalue weighted by Crippen LogP contribution is -2.30. The predicted molar refractivity (Wildman–Crippen MR) is 89.2 cm³/mol. The summed E-state index contributed by atoms with van der Waals surface area (Å²) < 4.78 is 0. The van der Waals surface area contributed by atoms with Crippen LogP contribution in [0.5, 0.6) is 0 Å². The molecule has 0 amide bonds. The van der Waals surface area contributed by atoms with Crippen LogP contribution in [0.2, 0.25) is 0 Å². The molecule has 1 aromatic rings. The summed E-state index contributed by atoms with van der Waals surface area (Å²) in [6.45, 7) is 4.50. The molecule has 0 saturated heterocycles. The van der Waals surface area contributed by atoms with Gasteiger partial charge in [0.25, 0.3) is 0 Å². The molecule has 1 aromatic carbocycles. The van der Waals surface area contributed by atoms with E-state index in [-0.39, 0.29) is 5.41 Å². The van der Waals surface area contributed by atoms with Crippen LogP contribution in [-0.4, -0.2) is 0 Å². The van der Waals surface area contributed by atoms with Gasteiger partial charge in [0.05, 0.1) is 11.5 Å². The van der Waals surface area contributed by atoms with E-state index in [1.54, 1.807) is 0 Å². The van der Waals surface area contributed by atoms with Crippen LogP contribution in [0.15, 0.2) is 24.3 Å². The fourth-order valence-corrected chi connectivity index (χ4v) is 3.70. The van der Waals surface area contributed by atoms with Gasteiger partial charge in [-0.05, 0) is 55.6 Å². The van der Waals surface area contributed by atoms with E-state index in [4.69, 9.17) is 0 Å². The minimum Gasteiger partial charge on any atom is -0.197 e. The zero-order valence-corrected chi connectivity index (χ0v) is 13.7. The van der Waals surface area contributed by atoms with Crippen molar-refractivity contribution < 1.29 is 0 Å². The maximum Gasteiger partial charge on any atom is 0.0822 e. The Labute approximate surface area is 130 Å². The second kappa shape index (κ2) is 7.64. The lowest BCUT2D eigenvalue weighted by atomic mass is 9.67. The summed E-state index contributed by atoms with van der Waals surface area (Å²) in [4.78, 5) is 0. The molecule has 0 radical (unpaired) electrons. The highest BCUT2D eigenvalue weighted by molar-refractivity contribution is 5.35. The highest BCUT2D eigenvalue weighted by Crippen LogP contribution is 2.42. The number of nitriles is 1. The second-order valence-electron chi connectivity index (χ2n) is 6.73. The van der Waals surface area contributed by atoms with Gasteiger partial charge in [0, 0.05) is 0 Å². The van der Waals surface area contributed by atoms with Gasteiger partial charge in [-0.1, -0.05) is 57.4 Å². The Morgan fingerprint density at radius 2 is 1.76 bits per heavy atom. The fraction of sp³-hybridized carbons (Fsp3) is 0.650. The molecule has 0 unspecified atom stereocenters. The third kappa shape index (κ3) is 3.88. The first-order valence-electron chi connectivity index (χ1n) is 8.74. The molecule has 1 fully saturated rings. The van der Waals surface area contributed by atoms with Crippen LogP contribution in [0, 0.1) is 17.2 Å². The van der Waals surface area contributed by atoms with Gasteiger partial charge in [0.15, 0.2) is 0 Å². The van der Waals surface area contributed by atoms with E-state index >= 15 is 0 Å². The van der Waals surface area contributed by atoms with Crippen molar-refractivity contribution in [3.8, 4) is 6.07 Å². The highest BCUT2D eigenvalue weighted by Gasteiger charge is 2.36. The quantitative estimate of drug-likeness (QED) is 0.649. The molecule has 0 spiro atoms. The Morgan fingerprint density at radius 3 is 2.29 bits per heavy atom. The number of nitrogens with zero attached hydrogens (tertiary/aromatic N) is 1. The average Bonchev–Trinajstić information content (AvgIpc) is 2.55. The summed E-state index contributed by atoms with van der Waals surface area (Å²) in [6, 6.07) is 11.6. The van der Waals surface area contributed by atoms with Crippen molar-refractivity contribution in [3.05, 3.63) is 35.4 Å². The summed E-state index contributed by atoms with van der Waals surface area (Å²) in [5.74, 6) is 0.848. The summed E-state index contributed by atoms with van der Waals surface area (Å²) in [5.41, 5.74) is 2.45. The van der Waals surface area contributed by atoms with Crippen LogP contribution in [0.1, 0.15) is 76.3 Å². The lowest BCUT2D eigenvalue weighted by molar-refractivity contribution is 0.265. The minimum atomic E-state index is -0.215. The Bertz CT molecular complexity index is 458. The molecule has 1 aliphatic rings. The molecule has 1 heteroatoms. The number of unbranched alkanes of at least 4 members (excludes halogenated alkanes) is 1. The normalized spacial score (nSPS) is 25.5. The van der Waals surface area contributed by atoms with Crippen LogP contribution in [-0.2, 0) is 11.8 Å². The monoisotopic (exact) mass is 283 g/mol. The number of rotatable bonds is 6. The molecular weight excluding hydrogens is 254 g/mol. The van der Waals surface area contributed by atoms with E-state index in [0.717, 1.165) is 25.2 Å². The Hall–Kier alpha value is -1.29. The minimum absolute atomic E-state index is 0.215. The maximum absolute atomic E-state index is 9.77. The third-order valence-corrected chi connectivity index (χ3v) is 5.20. The summed E-state index contributed by atoms with van der Waals surface area (Å²) in [7, 11) is 0. The molecule has 114 valence electrons. The molecule has 1 saturated carbocycles. The first-order chi connectivity index (χ1) is 10.2. The van der Waals surface area contributed by atoms with Gasteiger partial charge < -0.3 is 0 Å². The number of aryl methyl sites for hydroxylation is 1. The highest BCUT2D eigenvalue weighted by atomic mass is 14.4. The smallest absolute Gasteiger partial charge is 0.0822 e. The van der Waals surface area contributed by atoms with Crippen molar-refractivity contribution in [1.82, 2.24) is 0 Å². The Kier molecular flexibility index (Phi) is 5.85. The van der Waals surface area contributed by atoms with E-state index in [2.05, 4.69) is 44.2 Å². The zero-order chi connectivity index (χ0) is 15.1. The maximum atomic E-state index is 9.77. The fourth-order valence-electron chi connectivity index (χ4n) is 3.70. The van der Waals surface area contributed by atoms with Gasteiger partial charge >= 0.3 is 0 Å². The van der Waals surface area contributed by atoms with E-state index < -0.39 is 0 Å². The average molecular weight is 283 g/mol. The molecule has 1 nitrogen and oxygen atoms in total. The number of hydrogen-bond acceptors (Lipinski definition) is 1. The standard InChI is InChI=1S/C20H29N/c1-3-5-7-18-8-10-19(11-9-18)20(16-21)14-12-17(6-4-2)13-15-20/h8-11,17H,3-7,12-15H2,1-2H3. The first kappa shape index (κ1) is 16.1. The van der Waals surface area contributed by atoms with Crippen molar-refractivity contribution in [2.24, 2.45) is 5.92 Å². The summed E-state index contributed by atoms with van der Waals surface area (Å²) in [6.07, 6.45) is 10.8. The van der Waals surface area contributed by atoms with Crippen LogP contribution in [0.3, 0.4) is 0 Å². The van der Waals surface area contributed by atoms with Gasteiger partial charge in [-0.25, -0.2) is 0 Å². The molecule has 0 aliphatic heterocycles. The summed E-state index contributed by atoms with van der Waals surface area (Å²) in [5, 5.41) is 9.77. The van der Waals surface area contributed by atoms with Crippen molar-refractivity contribution in [2.45, 2.75) is 77.0 Å². The molecule has 1 aliphatic carbocycles. The lowest BCUT2D eigenvalue weighted by Gasteiger charge is -2.35. The van der Waals surface area contributed by atoms with Gasteiger partial charge in [-0.15, -0.1) is 0 Å². The van der Waals surface area contributed by atoms with Gasteiger partial charge in [-0.3, -0.25) is 0 Å². The zero-order valence-electron chi connectivity index (χ0n) is 13.7. The van der Waals surface area contributed by atoms with Gasteiger partial charge in [-0.2, -0.15) is 5.26 Å². The number of benzene rings is 1. The number of hydrogen-bond donors (Lipinski definition) is 0. The SMILES string of the molecule is CCCCc1ccc(C2(C#N)CCC(CCC)CC2)cc1. The van der Waals surface area contributed by atoms with Crippen LogP contribution < -0.4 is 0 Å². The molecular formula is C20H29N. The molecule has 0 N–H and O–H groups in total. The van der Waals surface area contributed by atoms with Crippen LogP contribution >= 0.6 is 0 Å². The van der Waals surface area contributed by atoms with Gasteiger partial charge in [0.1, 0.15) is 0 Å². The summed E-state index contributed by atoms with van der Waals surface area (Å²) >= 11 is 0. The van der Waals surface area contributed by atoms with Crippen LogP contribution in [0.25, 0.3) is 0 Å². The Morgan fingerprint density at radius 1 is 1.10 bits per heavy atom. The molecule has 0 atom stereocenters. The van der Waals surface area contributed by atoms with Crippen molar-refractivity contribution in [3.63, 3.8) is 0 Å². The topological polar surface area (TPSA) is 23.8 Å². The van der Waals surface area contributed by atoms with E-state index in [0.29, 0.717) is 0 Å². The Balaban J connectivity index is 2.06. The van der Waals surface area contributed by atoms with E-state index in [1.807, 2.05) is 0 Å². The predicted octanol–water partition coefficient (Wildman–Crippen LogP) is 5.78. The molecule has 0 aromatic heterocycles. The first-order valence-corrected chi connectivity index (χ1v) is 8.74. The van der Waals surface area contributed by atoms with Crippen molar-refractivity contribution in [2.75, 3.05) is 0 Å². The third-order valence-electron chi connectivity index (χ3n) is 5.20. The largest absolute Gasteiger partial charge is 0.197 e. The van der Waals surface area contributed by atoms with Crippen LogP contribution in [0.4, 0.5) is 0 Å². The van der Waals surface area contributed by atoms with Gasteiger partial charge in [0.2, 0.25) is 0 Å². The molecule has 21 heavy (non-hydrogen) atoms. The van der Waals surface area contributed by atoms with E-state index in [1.165, 1.54) is 49.7 Å². The molecule has 2 rings (SSSR count). The second-order valence-corrected chi connectivity index (χ2v) is 6.73.